The van der Waals surface area contributed by atoms with Gasteiger partial charge in [0, 0.05) is 0 Å². The molecule has 2 rings (SSSR count). The normalized spacial score (nSPS) is 10.7. The van der Waals surface area contributed by atoms with Crippen LogP contribution < -0.4 is 10.1 Å². The summed E-state index contributed by atoms with van der Waals surface area (Å²) >= 11 is 1.29. The van der Waals surface area contributed by atoms with E-state index in [1.165, 1.54) is 30.6 Å². The summed E-state index contributed by atoms with van der Waals surface area (Å²) in [7, 11) is 1.38. The Morgan fingerprint density at radius 3 is 2.63 bits per heavy atom. The third-order valence-corrected chi connectivity index (χ3v) is 4.75. The Morgan fingerprint density at radius 2 is 2.04 bits per heavy atom. The molecule has 1 heterocycles. The minimum atomic E-state index is -0.523. The average Bonchev–Trinajstić information content (AvgIpc) is 2.96. The molecule has 1 aromatic carbocycles. The van der Waals surface area contributed by atoms with Gasteiger partial charge < -0.3 is 14.8 Å². The summed E-state index contributed by atoms with van der Waals surface area (Å²) in [4.78, 5) is 24.8. The maximum atomic E-state index is 13.8. The lowest BCUT2D eigenvalue weighted by Gasteiger charge is -2.10. The van der Waals surface area contributed by atoms with Gasteiger partial charge in [-0.2, -0.15) is 0 Å². The van der Waals surface area contributed by atoms with Crippen molar-refractivity contribution in [2.75, 3.05) is 19.0 Å². The molecule has 0 bridgehead atoms. The van der Waals surface area contributed by atoms with Crippen LogP contribution in [0.3, 0.4) is 0 Å². The van der Waals surface area contributed by atoms with Crippen LogP contribution in [-0.4, -0.2) is 25.6 Å². The first-order valence-corrected chi connectivity index (χ1v) is 9.63. The third kappa shape index (κ3) is 5.53. The largest absolute Gasteiger partial charge is 0.494 e. The molecule has 0 aliphatic carbocycles. The van der Waals surface area contributed by atoms with E-state index >= 15 is 0 Å². The molecule has 1 aromatic heterocycles. The monoisotopic (exact) mass is 393 g/mol. The smallest absolute Gasteiger partial charge is 0.341 e. The lowest BCUT2D eigenvalue weighted by molar-refractivity contribution is -0.115. The van der Waals surface area contributed by atoms with E-state index in [-0.39, 0.29) is 24.7 Å². The van der Waals surface area contributed by atoms with Gasteiger partial charge in [0.15, 0.2) is 11.6 Å². The number of carbonyl (C=O) groups excluding carboxylic acids is 2. The highest BCUT2D eigenvalue weighted by atomic mass is 32.1. The summed E-state index contributed by atoms with van der Waals surface area (Å²) in [6.07, 6.45) is 0.699. The number of hydrogen-bond donors (Lipinski definition) is 1. The third-order valence-electron chi connectivity index (χ3n) is 3.81. The van der Waals surface area contributed by atoms with Crippen LogP contribution in [0, 0.1) is 11.7 Å². The van der Waals surface area contributed by atoms with Crippen LogP contribution in [0.5, 0.6) is 5.75 Å². The highest BCUT2D eigenvalue weighted by Crippen LogP contribution is 2.31. The standard InChI is InChI=1S/C20H24FNO4S/c1-5-26-20(24)18-14(8-12(2)3)11-27-19(18)22-17(23)10-13-6-7-16(25-4)15(21)9-13/h6-7,9,11-12H,5,8,10H2,1-4H3,(H,22,23). The molecular weight excluding hydrogens is 369 g/mol. The van der Waals surface area contributed by atoms with E-state index in [0.29, 0.717) is 28.5 Å². The van der Waals surface area contributed by atoms with Crippen molar-refractivity contribution in [3.05, 3.63) is 46.1 Å². The van der Waals surface area contributed by atoms with Crippen LogP contribution in [0.25, 0.3) is 0 Å². The van der Waals surface area contributed by atoms with Gasteiger partial charge >= 0.3 is 5.97 Å². The highest BCUT2D eigenvalue weighted by molar-refractivity contribution is 7.15. The fourth-order valence-electron chi connectivity index (χ4n) is 2.68. The number of halogens is 1. The molecule has 0 spiro atoms. The summed E-state index contributed by atoms with van der Waals surface area (Å²) in [5.41, 5.74) is 1.78. The summed E-state index contributed by atoms with van der Waals surface area (Å²) in [5, 5.41) is 5.10. The van der Waals surface area contributed by atoms with Crippen molar-refractivity contribution >= 4 is 28.2 Å². The number of nitrogens with one attached hydrogen (secondary N) is 1. The predicted molar refractivity (Wildman–Crippen MR) is 104 cm³/mol. The lowest BCUT2D eigenvalue weighted by Crippen LogP contribution is -2.17. The van der Waals surface area contributed by atoms with Crippen LogP contribution in [0.15, 0.2) is 23.6 Å². The molecule has 0 fully saturated rings. The molecule has 0 aliphatic heterocycles. The quantitative estimate of drug-likeness (QED) is 0.673. The van der Waals surface area contributed by atoms with Crippen molar-refractivity contribution < 1.29 is 23.5 Å². The molecule has 0 aliphatic rings. The van der Waals surface area contributed by atoms with E-state index in [2.05, 4.69) is 19.2 Å². The minimum absolute atomic E-state index is 0.0133. The maximum Gasteiger partial charge on any atom is 0.341 e. The summed E-state index contributed by atoms with van der Waals surface area (Å²) in [6, 6.07) is 4.38. The number of carbonyl (C=O) groups is 2. The molecule has 0 atom stereocenters. The Hall–Kier alpha value is -2.41. The van der Waals surface area contributed by atoms with Crippen molar-refractivity contribution in [2.45, 2.75) is 33.6 Å². The van der Waals surface area contributed by atoms with Gasteiger partial charge in [-0.15, -0.1) is 11.3 Å². The van der Waals surface area contributed by atoms with Crippen LogP contribution in [-0.2, 0) is 22.4 Å². The lowest BCUT2D eigenvalue weighted by atomic mass is 10.0. The molecule has 1 amide bonds. The molecule has 0 saturated carbocycles. The van der Waals surface area contributed by atoms with E-state index in [1.54, 1.807) is 13.0 Å². The average molecular weight is 393 g/mol. The second kappa shape index (κ2) is 9.50. The van der Waals surface area contributed by atoms with Crippen molar-refractivity contribution in [3.8, 4) is 5.75 Å². The van der Waals surface area contributed by atoms with Gasteiger partial charge in [0.05, 0.1) is 25.7 Å². The minimum Gasteiger partial charge on any atom is -0.494 e. The number of hydrogen-bond acceptors (Lipinski definition) is 5. The van der Waals surface area contributed by atoms with E-state index in [1.807, 2.05) is 5.38 Å². The molecular formula is C20H24FNO4S. The molecule has 0 saturated heterocycles. The predicted octanol–water partition coefficient (Wildman–Crippen LogP) is 4.45. The van der Waals surface area contributed by atoms with E-state index < -0.39 is 11.8 Å². The highest BCUT2D eigenvalue weighted by Gasteiger charge is 2.22. The number of amides is 1. The first-order chi connectivity index (χ1) is 12.8. The van der Waals surface area contributed by atoms with Gasteiger partial charge in [-0.3, -0.25) is 4.79 Å². The number of benzene rings is 1. The van der Waals surface area contributed by atoms with Gasteiger partial charge in [0.25, 0.3) is 0 Å². The van der Waals surface area contributed by atoms with Gasteiger partial charge in [-0.25, -0.2) is 9.18 Å². The Balaban J connectivity index is 2.18. The Kier molecular flexibility index (Phi) is 7.36. The van der Waals surface area contributed by atoms with Crippen LogP contribution in [0.1, 0.15) is 42.3 Å². The van der Waals surface area contributed by atoms with Crippen LogP contribution in [0.2, 0.25) is 0 Å². The molecule has 1 N–H and O–H groups in total. The topological polar surface area (TPSA) is 64.6 Å². The van der Waals surface area contributed by atoms with Gasteiger partial charge in [0.2, 0.25) is 5.91 Å². The molecule has 0 radical (unpaired) electrons. The number of thiophene rings is 1. The van der Waals surface area contributed by atoms with Gasteiger partial charge in [-0.05, 0) is 47.9 Å². The first kappa shape index (κ1) is 20.9. The number of rotatable bonds is 8. The second-order valence-electron chi connectivity index (χ2n) is 6.48. The van der Waals surface area contributed by atoms with Gasteiger partial charge in [-0.1, -0.05) is 19.9 Å². The van der Waals surface area contributed by atoms with Crippen molar-refractivity contribution in [3.63, 3.8) is 0 Å². The number of anilines is 1. The molecule has 146 valence electrons. The molecule has 7 heteroatoms. The zero-order valence-corrected chi connectivity index (χ0v) is 16.7. The molecule has 27 heavy (non-hydrogen) atoms. The Bertz CT molecular complexity index is 816. The first-order valence-electron chi connectivity index (χ1n) is 8.75. The maximum absolute atomic E-state index is 13.8. The van der Waals surface area contributed by atoms with Crippen molar-refractivity contribution in [1.29, 1.82) is 0 Å². The summed E-state index contributed by atoms with van der Waals surface area (Å²) in [6.45, 7) is 6.11. The van der Waals surface area contributed by atoms with Crippen LogP contribution in [0.4, 0.5) is 9.39 Å². The SMILES string of the molecule is CCOC(=O)c1c(CC(C)C)csc1NC(=O)Cc1ccc(OC)c(F)c1. The molecule has 0 unspecified atom stereocenters. The molecule has 2 aromatic rings. The Labute approximate surface area is 162 Å². The zero-order chi connectivity index (χ0) is 20.0. The van der Waals surface area contributed by atoms with Crippen molar-refractivity contribution in [1.82, 2.24) is 0 Å². The molecule has 5 nitrogen and oxygen atoms in total. The Morgan fingerprint density at radius 1 is 1.30 bits per heavy atom. The number of methoxy groups -OCH3 is 1. The van der Waals surface area contributed by atoms with Crippen LogP contribution >= 0.6 is 11.3 Å². The van der Waals surface area contributed by atoms with Gasteiger partial charge in [0.1, 0.15) is 5.00 Å². The number of esters is 1. The van der Waals surface area contributed by atoms with E-state index in [9.17, 15) is 14.0 Å². The van der Waals surface area contributed by atoms with E-state index in [4.69, 9.17) is 9.47 Å². The number of ether oxygens (including phenoxy) is 2. The van der Waals surface area contributed by atoms with Crippen molar-refractivity contribution in [2.24, 2.45) is 5.92 Å². The fourth-order valence-corrected chi connectivity index (χ4v) is 3.66. The van der Waals surface area contributed by atoms with E-state index in [0.717, 1.165) is 5.56 Å². The summed E-state index contributed by atoms with van der Waals surface area (Å²) < 4.78 is 23.8. The second-order valence-corrected chi connectivity index (χ2v) is 7.36. The zero-order valence-electron chi connectivity index (χ0n) is 15.9. The fraction of sp³-hybridized carbons (Fsp3) is 0.400. The summed E-state index contributed by atoms with van der Waals surface area (Å²) in [5.74, 6) is -0.812.